The number of anilines is 2. The topological polar surface area (TPSA) is 75.7 Å². The Labute approximate surface area is 220 Å². The van der Waals surface area contributed by atoms with E-state index < -0.39 is 10.0 Å². The minimum atomic E-state index is -3.68. The molecule has 3 aromatic rings. The average Bonchev–Trinajstić information content (AvgIpc) is 3.27. The number of carbonyl (C=O) groups excluding carboxylic acids is 1. The van der Waals surface area contributed by atoms with Crippen LogP contribution in [-0.2, 0) is 32.1 Å². The van der Waals surface area contributed by atoms with Crippen LogP contribution in [0.25, 0.3) is 0 Å². The van der Waals surface area contributed by atoms with Crippen LogP contribution in [0, 0.1) is 0 Å². The largest absolute Gasteiger partial charge is 0.483 e. The van der Waals surface area contributed by atoms with Crippen LogP contribution in [-0.4, -0.2) is 27.5 Å². The number of para-hydroxylation sites is 1. The molecule has 1 N–H and O–H groups in total. The Balaban J connectivity index is 1.42. The van der Waals surface area contributed by atoms with E-state index in [-0.39, 0.29) is 28.2 Å². The number of carbonyl (C=O) groups is 1. The van der Waals surface area contributed by atoms with Crippen LogP contribution in [0.4, 0.5) is 11.4 Å². The van der Waals surface area contributed by atoms with Crippen molar-refractivity contribution >= 4 is 27.3 Å². The highest BCUT2D eigenvalue weighted by Gasteiger charge is 2.30. The molecule has 6 nitrogen and oxygen atoms in total. The van der Waals surface area contributed by atoms with Crippen molar-refractivity contribution in [2.45, 2.75) is 63.7 Å². The van der Waals surface area contributed by atoms with E-state index in [2.05, 4.69) is 52.9 Å². The minimum Gasteiger partial charge on any atom is -0.483 e. The van der Waals surface area contributed by atoms with Gasteiger partial charge < -0.3 is 10.1 Å². The second kappa shape index (κ2) is 9.86. The number of ether oxygens (including phenoxy) is 1. The van der Waals surface area contributed by atoms with E-state index in [1.54, 1.807) is 12.1 Å². The summed E-state index contributed by atoms with van der Waals surface area (Å²) >= 11 is 0. The highest BCUT2D eigenvalue weighted by atomic mass is 32.2. The first-order chi connectivity index (χ1) is 17.3. The summed E-state index contributed by atoms with van der Waals surface area (Å²) in [5.41, 5.74) is 4.37. The van der Waals surface area contributed by atoms with Crippen LogP contribution < -0.4 is 14.4 Å². The number of benzene rings is 3. The summed E-state index contributed by atoms with van der Waals surface area (Å²) in [6, 6.07) is 19.9. The third-order valence-corrected chi connectivity index (χ3v) is 8.41. The first kappa shape index (κ1) is 26.7. The van der Waals surface area contributed by atoms with Gasteiger partial charge in [-0.05, 0) is 70.3 Å². The summed E-state index contributed by atoms with van der Waals surface area (Å²) < 4.78 is 33.8. The van der Waals surface area contributed by atoms with Crippen molar-refractivity contribution < 1.29 is 17.9 Å². The van der Waals surface area contributed by atoms with Gasteiger partial charge in [-0.25, -0.2) is 8.42 Å². The lowest BCUT2D eigenvalue weighted by Crippen LogP contribution is -2.29. The molecule has 0 spiro atoms. The molecule has 7 heteroatoms. The van der Waals surface area contributed by atoms with E-state index in [4.69, 9.17) is 4.74 Å². The number of nitrogens with one attached hydrogen (secondary N) is 1. The number of sulfonamides is 1. The molecule has 37 heavy (non-hydrogen) atoms. The van der Waals surface area contributed by atoms with Gasteiger partial charge in [-0.3, -0.25) is 9.10 Å². The van der Waals surface area contributed by atoms with Crippen molar-refractivity contribution in [2.75, 3.05) is 22.8 Å². The zero-order valence-electron chi connectivity index (χ0n) is 22.5. The van der Waals surface area contributed by atoms with Gasteiger partial charge in [0.15, 0.2) is 6.61 Å². The zero-order valence-corrected chi connectivity index (χ0v) is 23.3. The van der Waals surface area contributed by atoms with Gasteiger partial charge in [0.1, 0.15) is 5.75 Å². The van der Waals surface area contributed by atoms with Gasteiger partial charge in [0.25, 0.3) is 15.9 Å². The van der Waals surface area contributed by atoms with E-state index in [1.807, 2.05) is 36.4 Å². The fourth-order valence-electron chi connectivity index (χ4n) is 4.44. The molecule has 4 rings (SSSR count). The number of amides is 1. The summed E-state index contributed by atoms with van der Waals surface area (Å²) in [6.07, 6.45) is 0.694. The molecule has 1 amide bonds. The van der Waals surface area contributed by atoms with Crippen molar-refractivity contribution in [3.8, 4) is 5.75 Å². The van der Waals surface area contributed by atoms with Crippen molar-refractivity contribution in [1.82, 2.24) is 0 Å². The SMILES string of the molecule is CC(C)(C)c1ccc(OCC(=O)Nc2ccc(S(=O)(=O)N3CCc4ccccc43)cc2)c(C(C)(C)C)c1. The molecule has 1 aliphatic heterocycles. The lowest BCUT2D eigenvalue weighted by Gasteiger charge is -2.27. The Kier molecular flexibility index (Phi) is 7.12. The van der Waals surface area contributed by atoms with Crippen molar-refractivity contribution in [3.63, 3.8) is 0 Å². The van der Waals surface area contributed by atoms with E-state index in [0.717, 1.165) is 16.8 Å². The Bertz CT molecular complexity index is 1400. The second-order valence-corrected chi connectivity index (χ2v) is 13.4. The summed E-state index contributed by atoms with van der Waals surface area (Å²) in [4.78, 5) is 12.8. The molecule has 0 atom stereocenters. The molecule has 0 aliphatic carbocycles. The molecule has 1 aliphatic rings. The smallest absolute Gasteiger partial charge is 0.264 e. The first-order valence-corrected chi connectivity index (χ1v) is 14.0. The predicted molar refractivity (Wildman–Crippen MR) is 149 cm³/mol. The van der Waals surface area contributed by atoms with Crippen LogP contribution in [0.15, 0.2) is 71.6 Å². The van der Waals surface area contributed by atoms with E-state index >= 15 is 0 Å². The fraction of sp³-hybridized carbons (Fsp3) is 0.367. The quantitative estimate of drug-likeness (QED) is 0.429. The Hall–Kier alpha value is -3.32. The minimum absolute atomic E-state index is 0.00765. The van der Waals surface area contributed by atoms with Gasteiger partial charge in [-0.2, -0.15) is 0 Å². The van der Waals surface area contributed by atoms with Crippen LogP contribution in [0.1, 0.15) is 58.2 Å². The van der Waals surface area contributed by atoms with Gasteiger partial charge in [0, 0.05) is 12.2 Å². The Morgan fingerprint density at radius 2 is 1.59 bits per heavy atom. The van der Waals surface area contributed by atoms with Crippen molar-refractivity contribution in [1.29, 1.82) is 0 Å². The van der Waals surface area contributed by atoms with Gasteiger partial charge >= 0.3 is 0 Å². The highest BCUT2D eigenvalue weighted by molar-refractivity contribution is 7.92. The van der Waals surface area contributed by atoms with Crippen molar-refractivity contribution in [3.05, 3.63) is 83.4 Å². The number of hydrogen-bond acceptors (Lipinski definition) is 4. The third kappa shape index (κ3) is 5.82. The molecular weight excluding hydrogens is 484 g/mol. The average molecular weight is 521 g/mol. The molecule has 0 saturated heterocycles. The van der Waals surface area contributed by atoms with E-state index in [1.165, 1.54) is 22.0 Å². The van der Waals surface area contributed by atoms with Crippen LogP contribution in [0.3, 0.4) is 0 Å². The van der Waals surface area contributed by atoms with Crippen LogP contribution in [0.2, 0.25) is 0 Å². The summed E-state index contributed by atoms with van der Waals surface area (Å²) in [6.45, 7) is 13.2. The predicted octanol–water partition coefficient (Wildman–Crippen LogP) is 6.05. The molecule has 0 bridgehead atoms. The summed E-state index contributed by atoms with van der Waals surface area (Å²) in [5.74, 6) is 0.367. The highest BCUT2D eigenvalue weighted by Crippen LogP contribution is 2.36. The Morgan fingerprint density at radius 1 is 0.919 bits per heavy atom. The molecule has 196 valence electrons. The monoisotopic (exact) mass is 520 g/mol. The molecular formula is C30H36N2O4S. The molecule has 3 aromatic carbocycles. The van der Waals surface area contributed by atoms with Crippen molar-refractivity contribution in [2.24, 2.45) is 0 Å². The number of hydrogen-bond donors (Lipinski definition) is 1. The van der Waals surface area contributed by atoms with Gasteiger partial charge in [0.2, 0.25) is 0 Å². The Morgan fingerprint density at radius 3 is 2.24 bits per heavy atom. The summed E-state index contributed by atoms with van der Waals surface area (Å²) in [5, 5.41) is 2.80. The molecule has 0 fully saturated rings. The van der Waals surface area contributed by atoms with Gasteiger partial charge in [-0.15, -0.1) is 0 Å². The van der Waals surface area contributed by atoms with Gasteiger partial charge in [-0.1, -0.05) is 71.9 Å². The lowest BCUT2D eigenvalue weighted by molar-refractivity contribution is -0.118. The fourth-order valence-corrected chi connectivity index (χ4v) is 5.95. The maximum absolute atomic E-state index is 13.2. The molecule has 0 aromatic heterocycles. The standard InChI is InChI=1S/C30H36N2O4S/c1-29(2,3)22-11-16-27(25(19-22)30(4,5)6)36-20-28(33)31-23-12-14-24(15-13-23)37(34,35)32-18-17-21-9-7-8-10-26(21)32/h7-16,19H,17-18,20H2,1-6H3,(H,31,33). The molecule has 0 unspecified atom stereocenters. The zero-order chi connectivity index (χ0) is 27.0. The van der Waals surface area contributed by atoms with E-state index in [0.29, 0.717) is 24.4 Å². The maximum atomic E-state index is 13.2. The lowest BCUT2D eigenvalue weighted by atomic mass is 9.80. The molecule has 1 heterocycles. The van der Waals surface area contributed by atoms with E-state index in [9.17, 15) is 13.2 Å². The number of nitrogens with zero attached hydrogens (tertiary/aromatic N) is 1. The summed E-state index contributed by atoms with van der Waals surface area (Å²) in [7, 11) is -3.68. The molecule has 0 saturated carbocycles. The van der Waals surface area contributed by atoms with Crippen LogP contribution >= 0.6 is 0 Å². The second-order valence-electron chi connectivity index (χ2n) is 11.5. The number of rotatable bonds is 6. The van der Waals surface area contributed by atoms with Gasteiger partial charge in [0.05, 0.1) is 10.6 Å². The van der Waals surface area contributed by atoms with Crippen LogP contribution in [0.5, 0.6) is 5.75 Å². The number of fused-ring (bicyclic) bond motifs is 1. The third-order valence-electron chi connectivity index (χ3n) is 6.58. The normalized spacial score (nSPS) is 13.8. The maximum Gasteiger partial charge on any atom is 0.264 e. The first-order valence-electron chi connectivity index (χ1n) is 12.6. The molecule has 0 radical (unpaired) electrons.